The van der Waals surface area contributed by atoms with Crippen LogP contribution in [0.3, 0.4) is 0 Å². The molecule has 154 valence electrons. The summed E-state index contributed by atoms with van der Waals surface area (Å²) in [5, 5.41) is 6.75. The number of amides is 1. The lowest BCUT2D eigenvalue weighted by atomic mass is 10.0. The van der Waals surface area contributed by atoms with Crippen LogP contribution < -0.4 is 10.2 Å². The lowest BCUT2D eigenvalue weighted by Gasteiger charge is -2.12. The van der Waals surface area contributed by atoms with E-state index in [2.05, 4.69) is 10.5 Å². The summed E-state index contributed by atoms with van der Waals surface area (Å²) in [4.78, 5) is 12.7. The molecule has 4 nitrogen and oxygen atoms in total. The zero-order valence-corrected chi connectivity index (χ0v) is 17.9. The quantitative estimate of drug-likeness (QED) is 0.270. The molecule has 31 heavy (non-hydrogen) atoms. The van der Waals surface area contributed by atoms with Crippen LogP contribution in [0.25, 0.3) is 10.8 Å². The number of hydrazone groups is 1. The second-order valence-electron chi connectivity index (χ2n) is 6.81. The van der Waals surface area contributed by atoms with Gasteiger partial charge in [-0.15, -0.1) is 0 Å². The van der Waals surface area contributed by atoms with E-state index in [1.165, 1.54) is 6.21 Å². The van der Waals surface area contributed by atoms with E-state index in [4.69, 9.17) is 27.9 Å². The van der Waals surface area contributed by atoms with Gasteiger partial charge in [0.15, 0.2) is 0 Å². The first-order chi connectivity index (χ1) is 15.1. The van der Waals surface area contributed by atoms with Gasteiger partial charge in [-0.3, -0.25) is 4.79 Å². The van der Waals surface area contributed by atoms with Gasteiger partial charge in [0.25, 0.3) is 5.91 Å². The van der Waals surface area contributed by atoms with Crippen LogP contribution in [0.4, 0.5) is 0 Å². The van der Waals surface area contributed by atoms with Crippen molar-refractivity contribution in [3.63, 3.8) is 0 Å². The Bertz CT molecular complexity index is 1250. The van der Waals surface area contributed by atoms with Crippen LogP contribution in [-0.4, -0.2) is 12.1 Å². The van der Waals surface area contributed by atoms with Crippen LogP contribution in [0, 0.1) is 0 Å². The normalized spacial score (nSPS) is 11.0. The molecule has 4 rings (SSSR count). The number of carbonyl (C=O) groups is 1. The highest BCUT2D eigenvalue weighted by atomic mass is 35.5. The van der Waals surface area contributed by atoms with E-state index < -0.39 is 0 Å². The van der Waals surface area contributed by atoms with Gasteiger partial charge >= 0.3 is 0 Å². The fraction of sp³-hybridized carbons (Fsp3) is 0.0400. The molecule has 1 amide bonds. The number of nitrogens with one attached hydrogen (secondary N) is 1. The minimum Gasteiger partial charge on any atom is -0.487 e. The summed E-state index contributed by atoms with van der Waals surface area (Å²) in [7, 11) is 0. The van der Waals surface area contributed by atoms with Crippen molar-refractivity contribution in [2.45, 2.75) is 6.61 Å². The lowest BCUT2D eigenvalue weighted by molar-refractivity contribution is 0.0957. The number of fused-ring (bicyclic) bond motifs is 1. The monoisotopic (exact) mass is 448 g/mol. The summed E-state index contributed by atoms with van der Waals surface area (Å²) >= 11 is 12.5. The van der Waals surface area contributed by atoms with Gasteiger partial charge in [-0.05, 0) is 34.5 Å². The number of halogens is 2. The summed E-state index contributed by atoms with van der Waals surface area (Å²) in [6.07, 6.45) is 1.47. The third-order valence-corrected chi connectivity index (χ3v) is 5.17. The van der Waals surface area contributed by atoms with Crippen molar-refractivity contribution in [3.05, 3.63) is 112 Å². The number of rotatable bonds is 6. The van der Waals surface area contributed by atoms with E-state index in [9.17, 15) is 4.79 Å². The van der Waals surface area contributed by atoms with Gasteiger partial charge in [-0.25, -0.2) is 5.43 Å². The maximum Gasteiger partial charge on any atom is 0.271 e. The van der Waals surface area contributed by atoms with Gasteiger partial charge in [0.05, 0.1) is 11.2 Å². The molecule has 0 aromatic heterocycles. The zero-order valence-electron chi connectivity index (χ0n) is 16.4. The second kappa shape index (κ2) is 9.65. The van der Waals surface area contributed by atoms with E-state index in [1.54, 1.807) is 18.2 Å². The molecule has 0 fully saturated rings. The number of hydrogen-bond acceptors (Lipinski definition) is 3. The third-order valence-electron chi connectivity index (χ3n) is 4.67. The Kier molecular flexibility index (Phi) is 6.51. The van der Waals surface area contributed by atoms with E-state index in [1.807, 2.05) is 66.7 Å². The van der Waals surface area contributed by atoms with Crippen LogP contribution in [0.1, 0.15) is 21.5 Å². The number of carbonyl (C=O) groups excluding carboxylic acids is 1. The molecule has 0 heterocycles. The predicted molar refractivity (Wildman–Crippen MR) is 126 cm³/mol. The Morgan fingerprint density at radius 2 is 1.68 bits per heavy atom. The number of nitrogens with zero attached hydrogens (tertiary/aromatic N) is 1. The van der Waals surface area contributed by atoms with E-state index >= 15 is 0 Å². The molecule has 1 N–H and O–H groups in total. The first-order valence-corrected chi connectivity index (χ1v) is 10.3. The number of benzene rings is 4. The third kappa shape index (κ3) is 5.05. The second-order valence-corrected chi connectivity index (χ2v) is 7.65. The summed E-state index contributed by atoms with van der Waals surface area (Å²) in [5.41, 5.74) is 4.67. The molecule has 0 spiro atoms. The van der Waals surface area contributed by atoms with Crippen molar-refractivity contribution in [2.24, 2.45) is 5.10 Å². The topological polar surface area (TPSA) is 50.7 Å². The average molecular weight is 449 g/mol. The molecule has 4 aromatic rings. The van der Waals surface area contributed by atoms with Crippen molar-refractivity contribution in [3.8, 4) is 5.75 Å². The number of ether oxygens (including phenoxy) is 1. The molecule has 4 aromatic carbocycles. The standard InChI is InChI=1S/C25H18Cl2N2O2/c26-20-13-19(24(23(27)14-20)31-16-17-7-2-1-3-8-17)15-28-29-25(30)22-12-6-10-18-9-4-5-11-21(18)22/h1-15H,16H2,(H,29,30)/b28-15-. The van der Waals surface area contributed by atoms with E-state index in [-0.39, 0.29) is 5.91 Å². The van der Waals surface area contributed by atoms with Gasteiger partial charge in [0.2, 0.25) is 0 Å². The molecule has 0 aliphatic heterocycles. The molecule has 0 radical (unpaired) electrons. The highest BCUT2D eigenvalue weighted by molar-refractivity contribution is 6.36. The first-order valence-electron chi connectivity index (χ1n) is 9.59. The van der Waals surface area contributed by atoms with Gasteiger partial charge in [-0.1, -0.05) is 89.9 Å². The van der Waals surface area contributed by atoms with Crippen molar-refractivity contribution in [1.29, 1.82) is 0 Å². The molecular formula is C25H18Cl2N2O2. The SMILES string of the molecule is O=C(N/N=C\c1cc(Cl)cc(Cl)c1OCc1ccccc1)c1cccc2ccccc12. The predicted octanol–water partition coefficient (Wildman–Crippen LogP) is 6.49. The summed E-state index contributed by atoms with van der Waals surface area (Å²) in [6, 6.07) is 26.3. The van der Waals surface area contributed by atoms with Crippen LogP contribution in [0.15, 0.2) is 90.0 Å². The highest BCUT2D eigenvalue weighted by Gasteiger charge is 2.11. The molecular weight excluding hydrogens is 431 g/mol. The molecule has 0 saturated carbocycles. The number of hydrogen-bond donors (Lipinski definition) is 1. The van der Waals surface area contributed by atoms with E-state index in [0.717, 1.165) is 16.3 Å². The van der Waals surface area contributed by atoms with Crippen molar-refractivity contribution < 1.29 is 9.53 Å². The Morgan fingerprint density at radius 1 is 0.935 bits per heavy atom. The largest absolute Gasteiger partial charge is 0.487 e. The zero-order chi connectivity index (χ0) is 21.6. The van der Waals surface area contributed by atoms with Crippen molar-refractivity contribution in [1.82, 2.24) is 5.43 Å². The molecule has 6 heteroatoms. The fourth-order valence-corrected chi connectivity index (χ4v) is 3.77. The maximum atomic E-state index is 12.7. The van der Waals surface area contributed by atoms with Crippen LogP contribution in [0.5, 0.6) is 5.75 Å². The lowest BCUT2D eigenvalue weighted by Crippen LogP contribution is -2.18. The van der Waals surface area contributed by atoms with Crippen molar-refractivity contribution in [2.75, 3.05) is 0 Å². The Hall–Kier alpha value is -3.34. The summed E-state index contributed by atoms with van der Waals surface area (Å²) < 4.78 is 5.91. The first kappa shape index (κ1) is 20.9. The van der Waals surface area contributed by atoms with Gasteiger partial charge in [0, 0.05) is 16.1 Å². The van der Waals surface area contributed by atoms with Crippen LogP contribution in [0.2, 0.25) is 10.0 Å². The molecule has 0 aliphatic rings. The highest BCUT2D eigenvalue weighted by Crippen LogP contribution is 2.32. The molecule has 0 atom stereocenters. The van der Waals surface area contributed by atoms with E-state index in [0.29, 0.717) is 33.5 Å². The van der Waals surface area contributed by atoms with Crippen LogP contribution >= 0.6 is 23.2 Å². The average Bonchev–Trinajstić information content (AvgIpc) is 2.78. The fourth-order valence-electron chi connectivity index (χ4n) is 3.20. The van der Waals surface area contributed by atoms with Crippen LogP contribution in [-0.2, 0) is 6.61 Å². The minimum absolute atomic E-state index is 0.312. The molecule has 0 saturated heterocycles. The smallest absolute Gasteiger partial charge is 0.271 e. The molecule has 0 aliphatic carbocycles. The van der Waals surface area contributed by atoms with Gasteiger partial charge in [-0.2, -0.15) is 5.10 Å². The summed E-state index contributed by atoms with van der Waals surface area (Å²) in [5.74, 6) is 0.131. The Labute approximate surface area is 190 Å². The van der Waals surface area contributed by atoms with Gasteiger partial charge in [0.1, 0.15) is 12.4 Å². The Morgan fingerprint density at radius 3 is 2.52 bits per heavy atom. The van der Waals surface area contributed by atoms with Gasteiger partial charge < -0.3 is 4.74 Å². The molecule has 0 unspecified atom stereocenters. The minimum atomic E-state index is -0.312. The summed E-state index contributed by atoms with van der Waals surface area (Å²) in [6.45, 7) is 0.339. The maximum absolute atomic E-state index is 12.7. The Balaban J connectivity index is 1.53. The molecule has 0 bridgehead atoms. The van der Waals surface area contributed by atoms with Crippen molar-refractivity contribution >= 4 is 46.1 Å².